The van der Waals surface area contributed by atoms with E-state index in [9.17, 15) is 14.7 Å². The highest BCUT2D eigenvalue weighted by atomic mass is 35.5. The first-order valence-corrected chi connectivity index (χ1v) is 12.6. The van der Waals surface area contributed by atoms with Crippen LogP contribution >= 0.6 is 11.6 Å². The van der Waals surface area contributed by atoms with Crippen LogP contribution in [0, 0.1) is 0 Å². The molecule has 0 fully saturated rings. The summed E-state index contributed by atoms with van der Waals surface area (Å²) < 4.78 is 0. The summed E-state index contributed by atoms with van der Waals surface area (Å²) in [6.07, 6.45) is 2.22. The van der Waals surface area contributed by atoms with E-state index in [2.05, 4.69) is 5.32 Å². The van der Waals surface area contributed by atoms with Gasteiger partial charge >= 0.3 is 5.97 Å². The minimum absolute atomic E-state index is 0.0538. The third-order valence-electron chi connectivity index (χ3n) is 6.10. The second-order valence-corrected chi connectivity index (χ2v) is 9.22. The van der Waals surface area contributed by atoms with Crippen LogP contribution in [0.3, 0.4) is 0 Å². The minimum atomic E-state index is -0.826. The summed E-state index contributed by atoms with van der Waals surface area (Å²) in [6, 6.07) is 21.8. The van der Waals surface area contributed by atoms with Gasteiger partial charge in [0.05, 0.1) is 28.5 Å². The summed E-state index contributed by atoms with van der Waals surface area (Å²) in [5.74, 6) is -1.09. The van der Waals surface area contributed by atoms with E-state index in [1.807, 2.05) is 42.5 Å². The van der Waals surface area contributed by atoms with Gasteiger partial charge < -0.3 is 15.5 Å². The van der Waals surface area contributed by atoms with Crippen LogP contribution in [0.2, 0.25) is 5.02 Å². The molecule has 8 heteroatoms. The fourth-order valence-corrected chi connectivity index (χ4v) is 4.32. The molecule has 0 aliphatic rings. The number of hydrogen-bond donors (Lipinski definition) is 3. The second kappa shape index (κ2) is 12.4. The summed E-state index contributed by atoms with van der Waals surface area (Å²) >= 11 is 6.06. The van der Waals surface area contributed by atoms with E-state index in [1.54, 1.807) is 30.3 Å². The minimum Gasteiger partial charge on any atom is -0.481 e. The van der Waals surface area contributed by atoms with Crippen LogP contribution in [0.4, 0.5) is 0 Å². The van der Waals surface area contributed by atoms with Crippen molar-refractivity contribution in [2.75, 3.05) is 6.61 Å². The molecule has 1 atom stereocenters. The van der Waals surface area contributed by atoms with Crippen LogP contribution in [0.5, 0.6) is 0 Å². The smallest absolute Gasteiger partial charge is 0.303 e. The fraction of sp³-hybridized carbons (Fsp3) is 0.241. The number of aliphatic carboxylic acids is 1. The first-order valence-electron chi connectivity index (χ1n) is 12.2. The van der Waals surface area contributed by atoms with Crippen LogP contribution in [0.1, 0.15) is 53.3 Å². The number of aryl methyl sites for hydroxylation is 1. The molecule has 0 saturated carbocycles. The number of benzene rings is 3. The van der Waals surface area contributed by atoms with Gasteiger partial charge in [0.1, 0.15) is 0 Å². The number of fused-ring (bicyclic) bond motifs is 1. The monoisotopic (exact) mass is 517 g/mol. The molecule has 7 nitrogen and oxygen atoms in total. The number of aromatic nitrogens is 2. The average molecular weight is 518 g/mol. The van der Waals surface area contributed by atoms with Crippen molar-refractivity contribution in [3.05, 3.63) is 94.6 Å². The predicted octanol–water partition coefficient (Wildman–Crippen LogP) is 5.60. The number of carboxylic acid groups (broad SMARTS) is 1. The number of halogens is 1. The highest BCUT2D eigenvalue weighted by molar-refractivity contribution is 6.30. The van der Waals surface area contributed by atoms with Crippen molar-refractivity contribution in [3.63, 3.8) is 0 Å². The summed E-state index contributed by atoms with van der Waals surface area (Å²) in [5.41, 5.74) is 4.90. The highest BCUT2D eigenvalue weighted by Crippen LogP contribution is 2.27. The Morgan fingerprint density at radius 2 is 1.68 bits per heavy atom. The number of amides is 1. The molecule has 0 aliphatic carbocycles. The average Bonchev–Trinajstić information content (AvgIpc) is 2.91. The van der Waals surface area contributed by atoms with Crippen molar-refractivity contribution in [3.8, 4) is 11.3 Å². The van der Waals surface area contributed by atoms with Crippen molar-refractivity contribution in [1.29, 1.82) is 0 Å². The summed E-state index contributed by atoms with van der Waals surface area (Å²) in [6.45, 7) is -0.0538. The van der Waals surface area contributed by atoms with Crippen molar-refractivity contribution in [2.45, 2.75) is 38.1 Å². The third kappa shape index (κ3) is 6.90. The van der Waals surface area contributed by atoms with Crippen molar-refractivity contribution in [2.24, 2.45) is 0 Å². The number of carbonyl (C=O) groups excluding carboxylic acids is 1. The molecular formula is C29H28ClN3O4. The molecule has 1 aromatic heterocycles. The number of nitrogens with zero attached hydrogens (tertiary/aromatic N) is 2. The molecule has 3 aromatic carbocycles. The normalized spacial score (nSPS) is 11.8. The van der Waals surface area contributed by atoms with Gasteiger partial charge in [0.25, 0.3) is 5.91 Å². The Kier molecular flexibility index (Phi) is 8.82. The predicted molar refractivity (Wildman–Crippen MR) is 144 cm³/mol. The summed E-state index contributed by atoms with van der Waals surface area (Å²) in [5, 5.41) is 22.1. The number of carbonyl (C=O) groups is 2. The van der Waals surface area contributed by atoms with Crippen LogP contribution in [0.15, 0.2) is 72.8 Å². The number of rotatable bonds is 11. The zero-order valence-corrected chi connectivity index (χ0v) is 21.0. The molecule has 0 bridgehead atoms. The second-order valence-electron chi connectivity index (χ2n) is 8.78. The van der Waals surface area contributed by atoms with Gasteiger partial charge in [-0.2, -0.15) is 0 Å². The van der Waals surface area contributed by atoms with Crippen molar-refractivity contribution < 1.29 is 19.8 Å². The molecular weight excluding hydrogens is 490 g/mol. The van der Waals surface area contributed by atoms with Gasteiger partial charge in [0.2, 0.25) is 0 Å². The van der Waals surface area contributed by atoms with Crippen molar-refractivity contribution >= 4 is 34.5 Å². The van der Waals surface area contributed by atoms with Crippen LogP contribution in [-0.2, 0) is 11.2 Å². The van der Waals surface area contributed by atoms with E-state index < -0.39 is 5.97 Å². The maximum atomic E-state index is 13.1. The zero-order chi connectivity index (χ0) is 26.2. The molecule has 0 unspecified atom stereocenters. The SMILES string of the molecule is O=C(O)CCCCc1nc2cc(C(=O)N[C@@H](CCO)c3ccccc3)ccc2nc1-c1ccc(Cl)cc1. The summed E-state index contributed by atoms with van der Waals surface area (Å²) in [7, 11) is 0. The Morgan fingerprint density at radius 1 is 0.919 bits per heavy atom. The van der Waals surface area contributed by atoms with Gasteiger partial charge in [-0.1, -0.05) is 54.1 Å². The number of aliphatic hydroxyl groups is 1. The largest absolute Gasteiger partial charge is 0.481 e. The molecule has 0 aliphatic heterocycles. The van der Waals surface area contributed by atoms with Crippen LogP contribution in [0.25, 0.3) is 22.3 Å². The lowest BCUT2D eigenvalue weighted by Crippen LogP contribution is -2.29. The topological polar surface area (TPSA) is 112 Å². The number of hydrogen-bond acceptors (Lipinski definition) is 5. The molecule has 1 amide bonds. The van der Waals surface area contributed by atoms with E-state index >= 15 is 0 Å². The van der Waals surface area contributed by atoms with Gasteiger partial charge in [-0.25, -0.2) is 9.97 Å². The molecule has 4 aromatic rings. The first kappa shape index (κ1) is 26.3. The molecule has 0 saturated heterocycles. The first-order chi connectivity index (χ1) is 17.9. The lowest BCUT2D eigenvalue weighted by atomic mass is 10.0. The van der Waals surface area contributed by atoms with Gasteiger partial charge in [-0.3, -0.25) is 9.59 Å². The van der Waals surface area contributed by atoms with Crippen LogP contribution in [-0.4, -0.2) is 38.7 Å². The Bertz CT molecular complexity index is 1380. The van der Waals surface area contributed by atoms with E-state index in [-0.39, 0.29) is 25.0 Å². The number of nitrogens with one attached hydrogen (secondary N) is 1. The Hall–Kier alpha value is -3.81. The van der Waals surface area contributed by atoms with E-state index in [1.165, 1.54) is 0 Å². The van der Waals surface area contributed by atoms with Crippen LogP contribution < -0.4 is 5.32 Å². The Labute approximate surface area is 220 Å². The molecule has 0 radical (unpaired) electrons. The lowest BCUT2D eigenvalue weighted by Gasteiger charge is -2.18. The zero-order valence-electron chi connectivity index (χ0n) is 20.2. The molecule has 4 rings (SSSR count). The van der Waals surface area contributed by atoms with Gasteiger partial charge in [-0.05, 0) is 61.6 Å². The van der Waals surface area contributed by atoms with Gasteiger partial charge in [0, 0.05) is 29.2 Å². The van der Waals surface area contributed by atoms with Gasteiger partial charge in [0.15, 0.2) is 0 Å². The summed E-state index contributed by atoms with van der Waals surface area (Å²) in [4.78, 5) is 33.7. The maximum Gasteiger partial charge on any atom is 0.303 e. The maximum absolute atomic E-state index is 13.1. The molecule has 37 heavy (non-hydrogen) atoms. The van der Waals surface area contributed by atoms with Gasteiger partial charge in [-0.15, -0.1) is 0 Å². The third-order valence-corrected chi connectivity index (χ3v) is 6.35. The molecule has 0 spiro atoms. The Morgan fingerprint density at radius 3 is 2.38 bits per heavy atom. The van der Waals surface area contributed by atoms with E-state index in [0.29, 0.717) is 53.0 Å². The standard InChI is InChI=1S/C29H28ClN3O4/c30-22-13-10-20(11-14-22)28-25(8-4-5-9-27(35)36)31-26-18-21(12-15-24(26)32-28)29(37)33-23(16-17-34)19-6-2-1-3-7-19/h1-3,6-7,10-15,18,23,34H,4-5,8-9,16-17H2,(H,33,37)(H,35,36)/t23-/m0/s1. The molecule has 3 N–H and O–H groups in total. The molecule has 190 valence electrons. The number of unbranched alkanes of at least 4 members (excludes halogenated alkanes) is 1. The quantitative estimate of drug-likeness (QED) is 0.223. The molecule has 1 heterocycles. The number of carboxylic acids is 1. The van der Waals surface area contributed by atoms with E-state index in [0.717, 1.165) is 16.8 Å². The lowest BCUT2D eigenvalue weighted by molar-refractivity contribution is -0.137. The Balaban J connectivity index is 1.64. The van der Waals surface area contributed by atoms with Crippen molar-refractivity contribution in [1.82, 2.24) is 15.3 Å². The fourth-order valence-electron chi connectivity index (χ4n) is 4.19. The number of aliphatic hydroxyl groups excluding tert-OH is 1. The van der Waals surface area contributed by atoms with E-state index in [4.69, 9.17) is 26.7 Å². The highest BCUT2D eigenvalue weighted by Gasteiger charge is 2.17.